The summed E-state index contributed by atoms with van der Waals surface area (Å²) in [6, 6.07) is 4.38. The number of esters is 1. The van der Waals surface area contributed by atoms with Crippen LogP contribution in [0.4, 0.5) is 0 Å². The van der Waals surface area contributed by atoms with Crippen LogP contribution in [0.3, 0.4) is 0 Å². The molecule has 3 nitrogen and oxygen atoms in total. The standard InChI is InChI=1S/C24H38O3Si/c1-7-8-9-12-17-15-20-22(18-13-10-11-14-19(18)23(25)26-20)21(16-17)27-28(5,6)24(2,3)4/h15-16,18-19H,7-14H2,1-6H3/t18-,19-/m1/s1. The third-order valence-corrected chi connectivity index (χ3v) is 11.4. The minimum absolute atomic E-state index is 0.00829. The molecule has 4 heteroatoms. The topological polar surface area (TPSA) is 35.5 Å². The Morgan fingerprint density at radius 1 is 1.11 bits per heavy atom. The number of hydrogen-bond donors (Lipinski definition) is 0. The number of carbonyl (C=O) groups excluding carboxylic acids is 1. The zero-order valence-corrected chi connectivity index (χ0v) is 19.7. The van der Waals surface area contributed by atoms with E-state index in [1.54, 1.807) is 0 Å². The Morgan fingerprint density at radius 2 is 1.79 bits per heavy atom. The van der Waals surface area contributed by atoms with E-state index in [1.165, 1.54) is 30.4 Å². The van der Waals surface area contributed by atoms with Crippen molar-refractivity contribution >= 4 is 14.3 Å². The van der Waals surface area contributed by atoms with Gasteiger partial charge in [0, 0.05) is 11.5 Å². The zero-order valence-electron chi connectivity index (χ0n) is 18.7. The van der Waals surface area contributed by atoms with Crippen molar-refractivity contribution in [1.29, 1.82) is 0 Å². The van der Waals surface area contributed by atoms with Crippen LogP contribution in [0, 0.1) is 5.92 Å². The Kier molecular flexibility index (Phi) is 6.28. The summed E-state index contributed by atoms with van der Waals surface area (Å²) in [5, 5.41) is 0.134. The van der Waals surface area contributed by atoms with Crippen LogP contribution in [0.15, 0.2) is 12.1 Å². The molecule has 3 rings (SSSR count). The zero-order chi connectivity index (χ0) is 20.5. The second-order valence-corrected chi connectivity index (χ2v) is 15.0. The van der Waals surface area contributed by atoms with Crippen molar-refractivity contribution < 1.29 is 14.0 Å². The lowest BCUT2D eigenvalue weighted by Crippen LogP contribution is -2.44. The molecule has 1 aromatic carbocycles. The lowest BCUT2D eigenvalue weighted by atomic mass is 9.73. The van der Waals surface area contributed by atoms with Gasteiger partial charge in [-0.2, -0.15) is 0 Å². The minimum atomic E-state index is -1.98. The summed E-state index contributed by atoms with van der Waals surface area (Å²) in [6.07, 6.45) is 8.92. The molecule has 1 heterocycles. The second-order valence-electron chi connectivity index (χ2n) is 10.2. The predicted molar refractivity (Wildman–Crippen MR) is 118 cm³/mol. The third kappa shape index (κ3) is 4.32. The molecule has 28 heavy (non-hydrogen) atoms. The maximum Gasteiger partial charge on any atom is 0.314 e. The van der Waals surface area contributed by atoms with Crippen molar-refractivity contribution in [2.75, 3.05) is 0 Å². The number of hydrogen-bond acceptors (Lipinski definition) is 3. The first-order valence-corrected chi connectivity index (χ1v) is 14.1. The van der Waals surface area contributed by atoms with E-state index in [-0.39, 0.29) is 22.8 Å². The first-order chi connectivity index (χ1) is 13.1. The fraction of sp³-hybridized carbons (Fsp3) is 0.708. The molecule has 1 aliphatic heterocycles. The molecule has 2 aliphatic rings. The van der Waals surface area contributed by atoms with Crippen LogP contribution in [-0.2, 0) is 11.2 Å². The summed E-state index contributed by atoms with van der Waals surface area (Å²) >= 11 is 0. The monoisotopic (exact) mass is 402 g/mol. The molecule has 0 aromatic heterocycles. The molecule has 1 aromatic rings. The van der Waals surface area contributed by atoms with E-state index in [1.807, 2.05) is 0 Å². The fourth-order valence-corrected chi connectivity index (χ4v) is 5.31. The molecule has 0 N–H and O–H groups in total. The minimum Gasteiger partial charge on any atom is -0.543 e. The fourth-order valence-electron chi connectivity index (χ4n) is 4.28. The summed E-state index contributed by atoms with van der Waals surface area (Å²) in [4.78, 5) is 12.7. The first-order valence-electron chi connectivity index (χ1n) is 11.2. The highest BCUT2D eigenvalue weighted by molar-refractivity contribution is 6.74. The lowest BCUT2D eigenvalue weighted by molar-refractivity contribution is -0.142. The number of ether oxygens (including phenoxy) is 1. The molecule has 2 atom stereocenters. The molecule has 0 unspecified atom stereocenters. The van der Waals surface area contributed by atoms with Crippen LogP contribution >= 0.6 is 0 Å². The average Bonchev–Trinajstić information content (AvgIpc) is 2.60. The molecule has 1 saturated carbocycles. The van der Waals surface area contributed by atoms with E-state index in [0.29, 0.717) is 0 Å². The molecule has 0 spiro atoms. The Labute approximate surface area is 172 Å². The Balaban J connectivity index is 2.03. The van der Waals surface area contributed by atoms with Crippen LogP contribution in [0.2, 0.25) is 18.1 Å². The van der Waals surface area contributed by atoms with Gasteiger partial charge < -0.3 is 9.16 Å². The highest BCUT2D eigenvalue weighted by Gasteiger charge is 2.44. The number of aryl methyl sites for hydroxylation is 1. The van der Waals surface area contributed by atoms with Crippen LogP contribution < -0.4 is 9.16 Å². The highest BCUT2D eigenvalue weighted by Crippen LogP contribution is 2.51. The highest BCUT2D eigenvalue weighted by atomic mass is 28.4. The summed E-state index contributed by atoms with van der Waals surface area (Å²) in [5.41, 5.74) is 2.41. The third-order valence-electron chi connectivity index (χ3n) is 7.05. The second kappa shape index (κ2) is 8.21. The molecular formula is C24H38O3Si. The summed E-state index contributed by atoms with van der Waals surface area (Å²) in [6.45, 7) is 13.7. The van der Waals surface area contributed by atoms with Crippen molar-refractivity contribution in [2.24, 2.45) is 5.92 Å². The van der Waals surface area contributed by atoms with E-state index < -0.39 is 8.32 Å². The van der Waals surface area contributed by atoms with Crippen LogP contribution in [0.5, 0.6) is 11.5 Å². The van der Waals surface area contributed by atoms with Crippen molar-refractivity contribution in [3.8, 4) is 11.5 Å². The van der Waals surface area contributed by atoms with Crippen LogP contribution in [-0.4, -0.2) is 14.3 Å². The quantitative estimate of drug-likeness (QED) is 0.222. The molecule has 0 bridgehead atoms. The van der Waals surface area contributed by atoms with Gasteiger partial charge in [0.1, 0.15) is 11.5 Å². The Morgan fingerprint density at radius 3 is 2.43 bits per heavy atom. The summed E-state index contributed by atoms with van der Waals surface area (Å²) in [7, 11) is -1.98. The Hall–Kier alpha value is -1.29. The maximum atomic E-state index is 12.7. The molecule has 0 amide bonds. The number of carbonyl (C=O) groups is 1. The van der Waals surface area contributed by atoms with Gasteiger partial charge in [-0.1, -0.05) is 53.4 Å². The molecule has 156 valence electrons. The molecular weight excluding hydrogens is 364 g/mol. The molecule has 1 aliphatic carbocycles. The van der Waals surface area contributed by atoms with E-state index in [0.717, 1.165) is 43.6 Å². The van der Waals surface area contributed by atoms with E-state index in [9.17, 15) is 4.79 Å². The normalized spacial score (nSPS) is 22.3. The van der Waals surface area contributed by atoms with Gasteiger partial charge in [-0.15, -0.1) is 0 Å². The number of unbranched alkanes of at least 4 members (excludes halogenated alkanes) is 2. The van der Waals surface area contributed by atoms with Crippen molar-refractivity contribution in [3.05, 3.63) is 23.3 Å². The van der Waals surface area contributed by atoms with Crippen molar-refractivity contribution in [2.45, 2.75) is 103 Å². The molecule has 0 radical (unpaired) electrons. The predicted octanol–water partition coefficient (Wildman–Crippen LogP) is 7.00. The molecule has 1 fully saturated rings. The molecule has 0 saturated heterocycles. The van der Waals surface area contributed by atoms with Crippen molar-refractivity contribution in [1.82, 2.24) is 0 Å². The van der Waals surface area contributed by atoms with Crippen LogP contribution in [0.1, 0.15) is 89.7 Å². The van der Waals surface area contributed by atoms with Gasteiger partial charge in [0.2, 0.25) is 8.32 Å². The number of rotatable bonds is 6. The van der Waals surface area contributed by atoms with Gasteiger partial charge in [-0.25, -0.2) is 0 Å². The Bertz CT molecular complexity index is 717. The van der Waals surface area contributed by atoms with E-state index >= 15 is 0 Å². The summed E-state index contributed by atoms with van der Waals surface area (Å²) < 4.78 is 12.7. The van der Waals surface area contributed by atoms with Crippen LogP contribution in [0.25, 0.3) is 0 Å². The summed E-state index contributed by atoms with van der Waals surface area (Å²) in [5.74, 6) is 2.01. The lowest BCUT2D eigenvalue weighted by Gasteiger charge is -2.40. The number of benzene rings is 1. The van der Waals surface area contributed by atoms with Gasteiger partial charge in [0.05, 0.1) is 5.92 Å². The van der Waals surface area contributed by atoms with Gasteiger partial charge >= 0.3 is 5.97 Å². The number of fused-ring (bicyclic) bond motifs is 3. The van der Waals surface area contributed by atoms with Gasteiger partial charge in [-0.3, -0.25) is 4.79 Å². The first kappa shape index (κ1) is 21.4. The average molecular weight is 403 g/mol. The smallest absolute Gasteiger partial charge is 0.314 e. The van der Waals surface area contributed by atoms with Gasteiger partial charge in [0.15, 0.2) is 0 Å². The largest absolute Gasteiger partial charge is 0.543 e. The maximum absolute atomic E-state index is 12.7. The van der Waals surface area contributed by atoms with Gasteiger partial charge in [-0.05, 0) is 61.5 Å². The van der Waals surface area contributed by atoms with E-state index in [2.05, 4.69) is 52.9 Å². The SMILES string of the molecule is CCCCCc1cc2c(c(O[Si](C)(C)C(C)(C)C)c1)[C@@H]1CCCC[C@H]1C(=O)O2. The van der Waals surface area contributed by atoms with Crippen molar-refractivity contribution in [3.63, 3.8) is 0 Å². The van der Waals surface area contributed by atoms with E-state index in [4.69, 9.17) is 9.16 Å². The van der Waals surface area contributed by atoms with Gasteiger partial charge in [0.25, 0.3) is 0 Å².